The molecule has 0 saturated heterocycles. The Kier molecular flexibility index (Phi) is 5.52. The molecule has 26 heavy (non-hydrogen) atoms. The molecule has 4 N–H and O–H groups in total. The zero-order chi connectivity index (χ0) is 18.4. The highest BCUT2D eigenvalue weighted by Crippen LogP contribution is 2.31. The molecule has 0 unspecified atom stereocenters. The van der Waals surface area contributed by atoms with E-state index in [1.807, 2.05) is 24.3 Å². The molecule has 0 radical (unpaired) electrons. The number of aromatic nitrogens is 1. The molecular weight excluding hydrogens is 336 g/mol. The summed E-state index contributed by atoms with van der Waals surface area (Å²) in [6, 6.07) is 10.8. The number of nitrogens with one attached hydrogen (secondary N) is 2. The van der Waals surface area contributed by atoms with Crippen LogP contribution in [-0.2, 0) is 4.79 Å². The lowest BCUT2D eigenvalue weighted by Crippen LogP contribution is -2.34. The molecule has 8 nitrogen and oxygen atoms in total. The minimum absolute atomic E-state index is 0.00880. The number of benzene rings is 1. The number of primary amides is 1. The molecule has 0 saturated carbocycles. The van der Waals surface area contributed by atoms with Gasteiger partial charge in [-0.05, 0) is 24.3 Å². The first-order valence-corrected chi connectivity index (χ1v) is 8.27. The van der Waals surface area contributed by atoms with E-state index in [2.05, 4.69) is 15.6 Å². The number of fused-ring (bicyclic) bond motifs is 1. The maximum atomic E-state index is 12.1. The van der Waals surface area contributed by atoms with E-state index in [9.17, 15) is 9.59 Å². The molecule has 1 aliphatic heterocycles. The highest BCUT2D eigenvalue weighted by molar-refractivity contribution is 5.94. The van der Waals surface area contributed by atoms with Gasteiger partial charge in [0, 0.05) is 19.2 Å². The van der Waals surface area contributed by atoms with E-state index in [4.69, 9.17) is 15.2 Å². The van der Waals surface area contributed by atoms with Gasteiger partial charge in [-0.15, -0.1) is 0 Å². The summed E-state index contributed by atoms with van der Waals surface area (Å²) in [6.07, 6.45) is 1.96. The Morgan fingerprint density at radius 2 is 2.00 bits per heavy atom. The maximum Gasteiger partial charge on any atom is 0.252 e. The third-order valence-electron chi connectivity index (χ3n) is 3.79. The van der Waals surface area contributed by atoms with Gasteiger partial charge in [0.25, 0.3) is 5.91 Å². The third-order valence-corrected chi connectivity index (χ3v) is 3.79. The van der Waals surface area contributed by atoms with Gasteiger partial charge in [-0.2, -0.15) is 0 Å². The smallest absolute Gasteiger partial charge is 0.252 e. The van der Waals surface area contributed by atoms with Crippen molar-refractivity contribution in [3.8, 4) is 11.5 Å². The normalized spacial score (nSPS) is 15.2. The molecule has 8 heteroatoms. The van der Waals surface area contributed by atoms with Gasteiger partial charge in [0.05, 0.1) is 12.1 Å². The van der Waals surface area contributed by atoms with Crippen molar-refractivity contribution < 1.29 is 19.1 Å². The number of amides is 2. The van der Waals surface area contributed by atoms with E-state index in [0.717, 1.165) is 11.5 Å². The van der Waals surface area contributed by atoms with Crippen LogP contribution >= 0.6 is 0 Å². The number of carbonyl (C=O) groups is 2. The number of nitrogens with zero attached hydrogens (tertiary/aromatic N) is 1. The molecule has 2 amide bonds. The van der Waals surface area contributed by atoms with Crippen molar-refractivity contribution in [1.82, 2.24) is 10.3 Å². The Balaban J connectivity index is 1.43. The van der Waals surface area contributed by atoms with E-state index in [1.165, 1.54) is 6.20 Å². The first-order valence-electron chi connectivity index (χ1n) is 8.27. The van der Waals surface area contributed by atoms with Crippen LogP contribution in [0.2, 0.25) is 0 Å². The Labute approximate surface area is 150 Å². The van der Waals surface area contributed by atoms with Crippen molar-refractivity contribution >= 4 is 17.6 Å². The summed E-state index contributed by atoms with van der Waals surface area (Å²) < 4.78 is 11.5. The lowest BCUT2D eigenvalue weighted by Gasteiger charge is -2.26. The average Bonchev–Trinajstić information content (AvgIpc) is 2.66. The van der Waals surface area contributed by atoms with Crippen LogP contribution < -0.4 is 25.8 Å². The Morgan fingerprint density at radius 3 is 2.73 bits per heavy atom. The molecule has 0 fully saturated rings. The Bertz CT molecular complexity index is 779. The van der Waals surface area contributed by atoms with Crippen molar-refractivity contribution in [3.05, 3.63) is 48.2 Å². The van der Waals surface area contributed by atoms with Gasteiger partial charge in [0.2, 0.25) is 5.91 Å². The Morgan fingerprint density at radius 1 is 1.19 bits per heavy atom. The van der Waals surface area contributed by atoms with Crippen molar-refractivity contribution in [2.75, 3.05) is 25.0 Å². The van der Waals surface area contributed by atoms with E-state index in [0.29, 0.717) is 31.0 Å². The number of ether oxygens (including phenoxy) is 2. The van der Waals surface area contributed by atoms with Gasteiger partial charge in [-0.1, -0.05) is 12.1 Å². The topological polar surface area (TPSA) is 116 Å². The molecular formula is C18H20N4O4. The second kappa shape index (κ2) is 8.19. The highest BCUT2D eigenvalue weighted by atomic mass is 16.6. The van der Waals surface area contributed by atoms with Crippen LogP contribution in [-0.4, -0.2) is 42.6 Å². The van der Waals surface area contributed by atoms with Crippen molar-refractivity contribution in [3.63, 3.8) is 0 Å². The minimum Gasteiger partial charge on any atom is -0.486 e. The summed E-state index contributed by atoms with van der Waals surface area (Å²) in [5, 5.41) is 5.59. The summed E-state index contributed by atoms with van der Waals surface area (Å²) in [6.45, 7) is 0.899. The van der Waals surface area contributed by atoms with Crippen molar-refractivity contribution in [2.45, 2.75) is 12.5 Å². The number of nitrogens with two attached hydrogens (primary N) is 1. The fourth-order valence-electron chi connectivity index (χ4n) is 2.46. The monoisotopic (exact) mass is 356 g/mol. The zero-order valence-corrected chi connectivity index (χ0v) is 14.1. The largest absolute Gasteiger partial charge is 0.486 e. The van der Waals surface area contributed by atoms with Crippen LogP contribution in [0.15, 0.2) is 42.6 Å². The third kappa shape index (κ3) is 4.62. The van der Waals surface area contributed by atoms with Crippen LogP contribution in [0.3, 0.4) is 0 Å². The molecule has 0 spiro atoms. The van der Waals surface area contributed by atoms with E-state index in [-0.39, 0.29) is 18.6 Å². The van der Waals surface area contributed by atoms with Crippen molar-refractivity contribution in [1.29, 1.82) is 0 Å². The minimum atomic E-state index is -0.481. The first kappa shape index (κ1) is 17.5. The SMILES string of the molecule is NC(=O)CNc1ccc(C(=O)NCC[C@H]2COc3ccccc3O2)cn1. The summed E-state index contributed by atoms with van der Waals surface area (Å²) >= 11 is 0. The molecule has 3 rings (SSSR count). The molecule has 0 aliphatic carbocycles. The van der Waals surface area contributed by atoms with Crippen LogP contribution in [0.1, 0.15) is 16.8 Å². The van der Waals surface area contributed by atoms with Gasteiger partial charge in [-0.25, -0.2) is 4.98 Å². The number of hydrogen-bond donors (Lipinski definition) is 3. The van der Waals surface area contributed by atoms with Gasteiger partial charge >= 0.3 is 0 Å². The number of carbonyl (C=O) groups excluding carboxylic acids is 2. The highest BCUT2D eigenvalue weighted by Gasteiger charge is 2.20. The zero-order valence-electron chi connectivity index (χ0n) is 14.1. The second-order valence-corrected chi connectivity index (χ2v) is 5.79. The van der Waals surface area contributed by atoms with E-state index >= 15 is 0 Å². The van der Waals surface area contributed by atoms with Gasteiger partial charge in [-0.3, -0.25) is 9.59 Å². The summed E-state index contributed by atoms with van der Waals surface area (Å²) in [7, 11) is 0. The quantitative estimate of drug-likeness (QED) is 0.680. The lowest BCUT2D eigenvalue weighted by molar-refractivity contribution is -0.116. The van der Waals surface area contributed by atoms with Gasteiger partial charge in [0.1, 0.15) is 18.5 Å². The molecule has 2 heterocycles. The molecule has 136 valence electrons. The summed E-state index contributed by atoms with van der Waals surface area (Å²) in [5.74, 6) is 1.23. The van der Waals surface area contributed by atoms with E-state index < -0.39 is 5.91 Å². The maximum absolute atomic E-state index is 12.1. The molecule has 1 aromatic heterocycles. The number of para-hydroxylation sites is 2. The molecule has 1 atom stereocenters. The average molecular weight is 356 g/mol. The van der Waals surface area contributed by atoms with Gasteiger partial charge < -0.3 is 25.8 Å². The summed E-state index contributed by atoms with van der Waals surface area (Å²) in [4.78, 5) is 26.9. The fourth-order valence-corrected chi connectivity index (χ4v) is 2.46. The fraction of sp³-hybridized carbons (Fsp3) is 0.278. The second-order valence-electron chi connectivity index (χ2n) is 5.79. The predicted molar refractivity (Wildman–Crippen MR) is 95.2 cm³/mol. The Hall–Kier alpha value is -3.29. The van der Waals surface area contributed by atoms with Crippen LogP contribution in [0, 0.1) is 0 Å². The molecule has 1 aromatic carbocycles. The van der Waals surface area contributed by atoms with Crippen LogP contribution in [0.25, 0.3) is 0 Å². The lowest BCUT2D eigenvalue weighted by atomic mass is 10.2. The molecule has 0 bridgehead atoms. The first-order chi connectivity index (χ1) is 12.6. The number of pyridine rings is 1. The van der Waals surface area contributed by atoms with Crippen molar-refractivity contribution in [2.24, 2.45) is 5.73 Å². The molecule has 1 aliphatic rings. The summed E-state index contributed by atoms with van der Waals surface area (Å²) in [5.41, 5.74) is 5.48. The van der Waals surface area contributed by atoms with Gasteiger partial charge in [0.15, 0.2) is 11.5 Å². The number of hydrogen-bond acceptors (Lipinski definition) is 6. The van der Waals surface area contributed by atoms with Crippen LogP contribution in [0.4, 0.5) is 5.82 Å². The van der Waals surface area contributed by atoms with Crippen LogP contribution in [0.5, 0.6) is 11.5 Å². The number of anilines is 1. The standard InChI is InChI=1S/C18H20N4O4/c19-16(23)10-22-17-6-5-12(9-21-17)18(24)20-8-7-13-11-25-14-3-1-2-4-15(14)26-13/h1-6,9,13H,7-8,10-11H2,(H2,19,23)(H,20,24)(H,21,22)/t13-/m0/s1. The molecule has 2 aromatic rings. The predicted octanol–water partition coefficient (Wildman–Crippen LogP) is 0.939. The van der Waals surface area contributed by atoms with E-state index in [1.54, 1.807) is 12.1 Å². The number of rotatable bonds is 7.